The number of nitrogens with two attached hydrogens (primary N) is 2. The zero-order valence-electron chi connectivity index (χ0n) is 11.3. The molecule has 1 rings (SSSR count). The van der Waals surface area contributed by atoms with Crippen molar-refractivity contribution < 1.29 is 9.59 Å². The fourth-order valence-corrected chi connectivity index (χ4v) is 1.84. The van der Waals surface area contributed by atoms with Crippen LogP contribution in [0, 0.1) is 11.8 Å². The van der Waals surface area contributed by atoms with Gasteiger partial charge in [0.25, 0.3) is 0 Å². The van der Waals surface area contributed by atoms with Gasteiger partial charge in [0, 0.05) is 17.8 Å². The molecule has 19 heavy (non-hydrogen) atoms. The van der Waals surface area contributed by atoms with Crippen LogP contribution in [0.1, 0.15) is 30.6 Å². The number of carbonyl (C=O) groups is 2. The molecule has 5 heteroatoms. The first-order chi connectivity index (χ1) is 8.93. The van der Waals surface area contributed by atoms with Crippen molar-refractivity contribution in [3.05, 3.63) is 29.8 Å². The van der Waals surface area contributed by atoms with Crippen LogP contribution in [-0.4, -0.2) is 18.4 Å². The topological polar surface area (TPSA) is 98.2 Å². The summed E-state index contributed by atoms with van der Waals surface area (Å²) in [5.41, 5.74) is 11.8. The van der Waals surface area contributed by atoms with E-state index in [1.807, 2.05) is 0 Å². The zero-order chi connectivity index (χ0) is 14.4. The number of anilines is 1. The standard InChI is InChI=1S/C14H21N3O2/c1-9(2)7-11(8-15)14(19)17-12-5-3-10(4-6-12)13(16)18/h3-6,9,11H,7-8,15H2,1-2H3,(H2,16,18)(H,17,19). The van der Waals surface area contributed by atoms with Crippen LogP contribution in [0.5, 0.6) is 0 Å². The number of amides is 2. The van der Waals surface area contributed by atoms with E-state index in [0.29, 0.717) is 23.7 Å². The molecular formula is C14H21N3O2. The Kier molecular flexibility index (Phi) is 5.51. The highest BCUT2D eigenvalue weighted by Crippen LogP contribution is 2.15. The molecule has 1 unspecified atom stereocenters. The molecule has 1 aromatic rings. The Morgan fingerprint density at radius 2 is 1.79 bits per heavy atom. The predicted octanol–water partition coefficient (Wildman–Crippen LogP) is 1.34. The highest BCUT2D eigenvalue weighted by atomic mass is 16.2. The van der Waals surface area contributed by atoms with Crippen molar-refractivity contribution in [2.45, 2.75) is 20.3 Å². The maximum absolute atomic E-state index is 12.0. The molecule has 0 radical (unpaired) electrons. The summed E-state index contributed by atoms with van der Waals surface area (Å²) < 4.78 is 0. The van der Waals surface area contributed by atoms with Crippen molar-refractivity contribution in [2.24, 2.45) is 23.3 Å². The van der Waals surface area contributed by atoms with Crippen LogP contribution in [-0.2, 0) is 4.79 Å². The van der Waals surface area contributed by atoms with Gasteiger partial charge in [0.2, 0.25) is 11.8 Å². The molecule has 1 aromatic carbocycles. The van der Waals surface area contributed by atoms with Crippen LogP contribution in [0.4, 0.5) is 5.69 Å². The van der Waals surface area contributed by atoms with Gasteiger partial charge in [-0.2, -0.15) is 0 Å². The second-order valence-corrected chi connectivity index (χ2v) is 4.99. The van der Waals surface area contributed by atoms with Crippen molar-refractivity contribution in [3.63, 3.8) is 0 Å². The molecule has 0 bridgehead atoms. The molecule has 1 atom stereocenters. The molecule has 0 spiro atoms. The van der Waals surface area contributed by atoms with E-state index in [2.05, 4.69) is 19.2 Å². The summed E-state index contributed by atoms with van der Waals surface area (Å²) in [6.45, 7) is 4.43. The van der Waals surface area contributed by atoms with Gasteiger partial charge in [-0.25, -0.2) is 0 Å². The monoisotopic (exact) mass is 263 g/mol. The van der Waals surface area contributed by atoms with E-state index in [-0.39, 0.29) is 11.8 Å². The quantitative estimate of drug-likeness (QED) is 0.722. The fourth-order valence-electron chi connectivity index (χ4n) is 1.84. The first kappa shape index (κ1) is 15.2. The van der Waals surface area contributed by atoms with Crippen LogP contribution < -0.4 is 16.8 Å². The van der Waals surface area contributed by atoms with E-state index >= 15 is 0 Å². The lowest BCUT2D eigenvalue weighted by molar-refractivity contribution is -0.120. The molecule has 5 nitrogen and oxygen atoms in total. The summed E-state index contributed by atoms with van der Waals surface area (Å²) in [6.07, 6.45) is 0.752. The lowest BCUT2D eigenvalue weighted by atomic mass is 9.96. The van der Waals surface area contributed by atoms with E-state index < -0.39 is 5.91 Å². The maximum atomic E-state index is 12.0. The van der Waals surface area contributed by atoms with Gasteiger partial charge in [0.05, 0.1) is 5.92 Å². The molecule has 5 N–H and O–H groups in total. The molecule has 0 fully saturated rings. The molecular weight excluding hydrogens is 242 g/mol. The first-order valence-corrected chi connectivity index (χ1v) is 6.34. The smallest absolute Gasteiger partial charge is 0.248 e. The molecule has 0 aliphatic heterocycles. The minimum atomic E-state index is -0.488. The van der Waals surface area contributed by atoms with E-state index in [0.717, 1.165) is 6.42 Å². The average Bonchev–Trinajstić information content (AvgIpc) is 2.36. The first-order valence-electron chi connectivity index (χ1n) is 6.34. The highest BCUT2D eigenvalue weighted by Gasteiger charge is 2.18. The fraction of sp³-hybridized carbons (Fsp3) is 0.429. The molecule has 0 saturated carbocycles. The number of benzene rings is 1. The van der Waals surface area contributed by atoms with Gasteiger partial charge in [0.15, 0.2) is 0 Å². The summed E-state index contributed by atoms with van der Waals surface area (Å²) in [6, 6.07) is 6.47. The number of hydrogen-bond donors (Lipinski definition) is 3. The van der Waals surface area contributed by atoms with Crippen LogP contribution in [0.25, 0.3) is 0 Å². The Hall–Kier alpha value is -1.88. The Morgan fingerprint density at radius 3 is 2.21 bits per heavy atom. The van der Waals surface area contributed by atoms with E-state index in [1.54, 1.807) is 24.3 Å². The van der Waals surface area contributed by atoms with E-state index in [9.17, 15) is 9.59 Å². The molecule has 0 aliphatic carbocycles. The van der Waals surface area contributed by atoms with Gasteiger partial charge >= 0.3 is 0 Å². The van der Waals surface area contributed by atoms with Crippen molar-refractivity contribution in [1.29, 1.82) is 0 Å². The third-order valence-corrected chi connectivity index (χ3v) is 2.85. The normalized spacial score (nSPS) is 12.2. The second-order valence-electron chi connectivity index (χ2n) is 4.99. The van der Waals surface area contributed by atoms with Crippen LogP contribution >= 0.6 is 0 Å². The van der Waals surface area contributed by atoms with Gasteiger partial charge in [-0.1, -0.05) is 13.8 Å². The Balaban J connectivity index is 2.67. The molecule has 0 saturated heterocycles. The lowest BCUT2D eigenvalue weighted by Crippen LogP contribution is -2.30. The van der Waals surface area contributed by atoms with Crippen LogP contribution in [0.15, 0.2) is 24.3 Å². The van der Waals surface area contributed by atoms with Crippen molar-refractivity contribution in [1.82, 2.24) is 0 Å². The van der Waals surface area contributed by atoms with Gasteiger partial charge in [-0.15, -0.1) is 0 Å². The SMILES string of the molecule is CC(C)CC(CN)C(=O)Nc1ccc(C(N)=O)cc1. The third kappa shape index (κ3) is 4.71. The minimum Gasteiger partial charge on any atom is -0.366 e. The predicted molar refractivity (Wildman–Crippen MR) is 75.6 cm³/mol. The second kappa shape index (κ2) is 6.89. The Labute approximate surface area is 113 Å². The number of hydrogen-bond acceptors (Lipinski definition) is 3. The summed E-state index contributed by atoms with van der Waals surface area (Å²) >= 11 is 0. The minimum absolute atomic E-state index is 0.0944. The summed E-state index contributed by atoms with van der Waals surface area (Å²) in [5, 5.41) is 2.79. The third-order valence-electron chi connectivity index (χ3n) is 2.85. The van der Waals surface area contributed by atoms with Crippen LogP contribution in [0.3, 0.4) is 0 Å². The number of primary amides is 1. The summed E-state index contributed by atoms with van der Waals surface area (Å²) in [7, 11) is 0. The lowest BCUT2D eigenvalue weighted by Gasteiger charge is -2.16. The summed E-state index contributed by atoms with van der Waals surface area (Å²) in [4.78, 5) is 22.9. The van der Waals surface area contributed by atoms with E-state index in [4.69, 9.17) is 11.5 Å². The Morgan fingerprint density at radius 1 is 1.21 bits per heavy atom. The van der Waals surface area contributed by atoms with Crippen molar-refractivity contribution >= 4 is 17.5 Å². The van der Waals surface area contributed by atoms with Gasteiger partial charge in [-0.3, -0.25) is 9.59 Å². The average molecular weight is 263 g/mol. The largest absolute Gasteiger partial charge is 0.366 e. The molecule has 104 valence electrons. The maximum Gasteiger partial charge on any atom is 0.248 e. The van der Waals surface area contributed by atoms with E-state index in [1.165, 1.54) is 0 Å². The Bertz CT molecular complexity index is 441. The van der Waals surface area contributed by atoms with Crippen molar-refractivity contribution in [2.75, 3.05) is 11.9 Å². The zero-order valence-corrected chi connectivity index (χ0v) is 11.3. The molecule has 0 aromatic heterocycles. The van der Waals surface area contributed by atoms with Gasteiger partial charge in [0.1, 0.15) is 0 Å². The van der Waals surface area contributed by atoms with Crippen LogP contribution in [0.2, 0.25) is 0 Å². The number of nitrogens with one attached hydrogen (secondary N) is 1. The molecule has 0 heterocycles. The van der Waals surface area contributed by atoms with Gasteiger partial charge in [-0.05, 0) is 36.6 Å². The number of rotatable bonds is 6. The molecule has 0 aliphatic rings. The highest BCUT2D eigenvalue weighted by molar-refractivity contribution is 5.95. The van der Waals surface area contributed by atoms with Gasteiger partial charge < -0.3 is 16.8 Å². The van der Waals surface area contributed by atoms with Crippen molar-refractivity contribution in [3.8, 4) is 0 Å². The number of carbonyl (C=O) groups excluding carboxylic acids is 2. The molecule has 2 amide bonds. The summed E-state index contributed by atoms with van der Waals surface area (Å²) in [5.74, 6) is -0.368.